The van der Waals surface area contributed by atoms with Crippen LogP contribution in [0.4, 0.5) is 4.79 Å². The van der Waals surface area contributed by atoms with Crippen molar-refractivity contribution in [1.29, 1.82) is 0 Å². The lowest BCUT2D eigenvalue weighted by Gasteiger charge is -2.21. The van der Waals surface area contributed by atoms with Crippen LogP contribution in [0.1, 0.15) is 97.8 Å². The number of nitrogens with one attached hydrogen (secondary N) is 1. The summed E-state index contributed by atoms with van der Waals surface area (Å²) < 4.78 is 28.7. The Morgan fingerprint density at radius 2 is 1.43 bits per heavy atom. The van der Waals surface area contributed by atoms with E-state index in [1.165, 1.54) is 64.2 Å². The third-order valence-corrected chi connectivity index (χ3v) is 7.46. The number of allylic oxidation sites excluding steroid dienone is 1. The molecule has 1 heterocycles. The highest BCUT2D eigenvalue weighted by molar-refractivity contribution is 7.53. The van der Waals surface area contributed by atoms with Crippen molar-refractivity contribution in [3.05, 3.63) is 12.2 Å². The average molecular weight is 446 g/mol. The second kappa shape index (κ2) is 16.8. The minimum absolute atomic E-state index is 0.119. The number of carbonyl (C=O) groups excluding carboxylic acids is 1. The van der Waals surface area contributed by atoms with Gasteiger partial charge in [-0.15, -0.1) is 0 Å². The molecule has 0 spiro atoms. The fraction of sp³-hybridized carbons (Fsp3) is 0.870. The second-order valence-corrected chi connectivity index (χ2v) is 10.1. The molecule has 30 heavy (non-hydrogen) atoms. The van der Waals surface area contributed by atoms with Crippen LogP contribution in [0.25, 0.3) is 0 Å². The van der Waals surface area contributed by atoms with E-state index < -0.39 is 25.8 Å². The minimum Gasteiger partial charge on any atom is -0.440 e. The molecular formula is C23H44NO5P. The average Bonchev–Trinajstić information content (AvgIpc) is 3.04. The Balaban J connectivity index is 2.20. The normalized spacial score (nSPS) is 19.4. The number of hydrogen-bond acceptors (Lipinski definition) is 5. The molecule has 0 saturated carbocycles. The maximum absolute atomic E-state index is 12.7. The van der Waals surface area contributed by atoms with E-state index in [1.807, 2.05) is 6.08 Å². The van der Waals surface area contributed by atoms with Gasteiger partial charge in [-0.25, -0.2) is 4.79 Å². The van der Waals surface area contributed by atoms with Crippen molar-refractivity contribution >= 4 is 13.7 Å². The summed E-state index contributed by atoms with van der Waals surface area (Å²) in [6, 6.07) is -0.394. The number of rotatable bonds is 19. The van der Waals surface area contributed by atoms with Crippen molar-refractivity contribution < 1.29 is 23.1 Å². The fourth-order valence-corrected chi connectivity index (χ4v) is 5.58. The van der Waals surface area contributed by atoms with Gasteiger partial charge in [0.05, 0.1) is 25.4 Å². The van der Waals surface area contributed by atoms with Gasteiger partial charge in [-0.05, 0) is 32.8 Å². The largest absolute Gasteiger partial charge is 0.440 e. The smallest absolute Gasteiger partial charge is 0.408 e. The summed E-state index contributed by atoms with van der Waals surface area (Å²) in [5.41, 5.74) is 0. The Morgan fingerprint density at radius 3 is 1.97 bits per heavy atom. The van der Waals surface area contributed by atoms with Gasteiger partial charge in [0.15, 0.2) is 0 Å². The molecule has 0 aromatic carbocycles. The molecule has 1 fully saturated rings. The Labute approximate surface area is 184 Å². The topological polar surface area (TPSA) is 73.9 Å². The van der Waals surface area contributed by atoms with Crippen LogP contribution in [0, 0.1) is 0 Å². The SMILES string of the molecule is CCCCCCCCCCCCC/C=C/[C@H]1OC(=O)N[C@H]1CP(=O)(OCC)OCC. The standard InChI is InChI=1S/C23H44NO5P/c1-4-7-8-9-10-11-12-13-14-15-16-17-18-19-22-21(24-23(25)29-22)20-30(26,27-5-2)28-6-3/h18-19,21-22H,4-17,20H2,1-3H3,(H,24,25)/b19-18+/t21-,22+/m0/s1. The van der Waals surface area contributed by atoms with E-state index >= 15 is 0 Å². The van der Waals surface area contributed by atoms with Gasteiger partial charge in [0.25, 0.3) is 0 Å². The summed E-state index contributed by atoms with van der Waals surface area (Å²) in [6.07, 6.45) is 18.7. The van der Waals surface area contributed by atoms with Crippen molar-refractivity contribution in [1.82, 2.24) is 5.32 Å². The number of cyclic esters (lactones) is 1. The zero-order valence-corrected chi connectivity index (χ0v) is 20.3. The summed E-state index contributed by atoms with van der Waals surface area (Å²) >= 11 is 0. The first-order valence-electron chi connectivity index (χ1n) is 12.1. The van der Waals surface area contributed by atoms with Gasteiger partial charge in [0.1, 0.15) is 6.10 Å². The molecule has 7 heteroatoms. The molecule has 2 atom stereocenters. The molecule has 176 valence electrons. The van der Waals surface area contributed by atoms with E-state index in [9.17, 15) is 9.36 Å². The lowest BCUT2D eigenvalue weighted by Crippen LogP contribution is -2.34. The molecule has 0 unspecified atom stereocenters. The van der Waals surface area contributed by atoms with Gasteiger partial charge in [0, 0.05) is 0 Å². The molecule has 1 rings (SSSR count). The predicted molar refractivity (Wildman–Crippen MR) is 123 cm³/mol. The molecule has 0 radical (unpaired) electrons. The van der Waals surface area contributed by atoms with Gasteiger partial charge in [-0.1, -0.05) is 77.2 Å². The highest BCUT2D eigenvalue weighted by Crippen LogP contribution is 2.49. The molecule has 1 amide bonds. The zero-order chi connectivity index (χ0) is 22.1. The van der Waals surface area contributed by atoms with Crippen molar-refractivity contribution in [3.8, 4) is 0 Å². The molecule has 1 saturated heterocycles. The lowest BCUT2D eigenvalue weighted by atomic mass is 10.0. The molecule has 1 aliphatic rings. The van der Waals surface area contributed by atoms with Crippen LogP contribution in [0.3, 0.4) is 0 Å². The zero-order valence-electron chi connectivity index (χ0n) is 19.4. The summed E-state index contributed by atoms with van der Waals surface area (Å²) in [7, 11) is -3.23. The second-order valence-electron chi connectivity index (χ2n) is 8.00. The number of unbranched alkanes of at least 4 members (excludes halogenated alkanes) is 11. The summed E-state index contributed by atoms with van der Waals surface area (Å²) in [5, 5.41) is 2.73. The molecule has 0 aliphatic carbocycles. The first-order chi connectivity index (χ1) is 14.5. The van der Waals surface area contributed by atoms with Crippen LogP contribution in [-0.2, 0) is 18.3 Å². The summed E-state index contributed by atoms with van der Waals surface area (Å²) in [5.74, 6) is 0. The fourth-order valence-electron chi connectivity index (χ4n) is 3.73. The van der Waals surface area contributed by atoms with Crippen molar-refractivity contribution in [2.24, 2.45) is 0 Å². The van der Waals surface area contributed by atoms with Crippen LogP contribution in [0.2, 0.25) is 0 Å². The first-order valence-corrected chi connectivity index (χ1v) is 13.8. The van der Waals surface area contributed by atoms with Crippen molar-refractivity contribution in [2.45, 2.75) is 110 Å². The van der Waals surface area contributed by atoms with Gasteiger partial charge < -0.3 is 19.1 Å². The first kappa shape index (κ1) is 27.2. The summed E-state index contributed by atoms with van der Waals surface area (Å²) in [6.45, 7) is 6.42. The summed E-state index contributed by atoms with van der Waals surface area (Å²) in [4.78, 5) is 11.7. The predicted octanol–water partition coefficient (Wildman–Crippen LogP) is 6.99. The Morgan fingerprint density at radius 1 is 0.900 bits per heavy atom. The Bertz CT molecular complexity index is 516. The Kier molecular flexibility index (Phi) is 15.2. The quantitative estimate of drug-likeness (QED) is 0.132. The van der Waals surface area contributed by atoms with E-state index in [4.69, 9.17) is 13.8 Å². The van der Waals surface area contributed by atoms with E-state index in [1.54, 1.807) is 13.8 Å². The van der Waals surface area contributed by atoms with Crippen LogP contribution in [0.15, 0.2) is 12.2 Å². The molecule has 0 bridgehead atoms. The van der Waals surface area contributed by atoms with Crippen LogP contribution >= 0.6 is 7.60 Å². The highest BCUT2D eigenvalue weighted by Gasteiger charge is 2.39. The molecule has 6 nitrogen and oxygen atoms in total. The monoisotopic (exact) mass is 445 g/mol. The molecule has 0 aromatic rings. The molecule has 0 aromatic heterocycles. The van der Waals surface area contributed by atoms with E-state index in [2.05, 4.69) is 18.3 Å². The number of ether oxygens (including phenoxy) is 1. The number of carbonyl (C=O) groups is 1. The van der Waals surface area contributed by atoms with Crippen molar-refractivity contribution in [3.63, 3.8) is 0 Å². The number of amides is 1. The molecule has 1 aliphatic heterocycles. The number of hydrogen-bond donors (Lipinski definition) is 1. The minimum atomic E-state index is -3.23. The maximum Gasteiger partial charge on any atom is 0.408 e. The third-order valence-electron chi connectivity index (χ3n) is 5.31. The number of alkyl carbamates (subject to hydrolysis) is 1. The highest BCUT2D eigenvalue weighted by atomic mass is 31.2. The van der Waals surface area contributed by atoms with E-state index in [-0.39, 0.29) is 6.16 Å². The third kappa shape index (κ3) is 12.1. The van der Waals surface area contributed by atoms with Gasteiger partial charge in [-0.3, -0.25) is 4.57 Å². The Hall–Kier alpha value is -0.840. The van der Waals surface area contributed by atoms with Gasteiger partial charge in [-0.2, -0.15) is 0 Å². The molecular weight excluding hydrogens is 401 g/mol. The lowest BCUT2D eigenvalue weighted by molar-refractivity contribution is 0.153. The molecule has 1 N–H and O–H groups in total. The van der Waals surface area contributed by atoms with Crippen LogP contribution < -0.4 is 5.32 Å². The van der Waals surface area contributed by atoms with Crippen LogP contribution in [-0.4, -0.2) is 37.6 Å². The van der Waals surface area contributed by atoms with E-state index in [0.29, 0.717) is 13.2 Å². The van der Waals surface area contributed by atoms with Crippen LogP contribution in [0.5, 0.6) is 0 Å². The van der Waals surface area contributed by atoms with E-state index in [0.717, 1.165) is 12.8 Å². The maximum atomic E-state index is 12.7. The van der Waals surface area contributed by atoms with Gasteiger partial charge in [0.2, 0.25) is 0 Å². The van der Waals surface area contributed by atoms with Gasteiger partial charge >= 0.3 is 13.7 Å². The van der Waals surface area contributed by atoms with Crippen molar-refractivity contribution in [2.75, 3.05) is 19.4 Å².